The van der Waals surface area contributed by atoms with Crippen molar-refractivity contribution in [3.8, 4) is 11.4 Å². The molecule has 4 heterocycles. The van der Waals surface area contributed by atoms with Crippen molar-refractivity contribution in [2.24, 2.45) is 0 Å². The second kappa shape index (κ2) is 7.61. The SMILES string of the molecule is [2H]C([2H])([2H])c1cccc2c1nc1n(-c3cccc(-n4c5ccccc5n5c6cccc(C([2H])([2H])[2H])c6nc45)c3)c3ccccc3n21. The highest BCUT2D eigenvalue weighted by Crippen LogP contribution is 2.33. The van der Waals surface area contributed by atoms with Crippen molar-refractivity contribution in [2.45, 2.75) is 13.7 Å². The molecule has 0 bridgehead atoms. The van der Waals surface area contributed by atoms with Crippen LogP contribution in [0.4, 0.5) is 0 Å². The monoisotopic (exact) mass is 522 g/mol. The Morgan fingerprint density at radius 1 is 0.475 bits per heavy atom. The summed E-state index contributed by atoms with van der Waals surface area (Å²) < 4.78 is 56.8. The van der Waals surface area contributed by atoms with E-state index in [1.54, 1.807) is 24.3 Å². The van der Waals surface area contributed by atoms with Crippen LogP contribution in [-0.2, 0) is 0 Å². The number of aromatic nitrogens is 6. The zero-order valence-electron chi connectivity index (χ0n) is 27.1. The van der Waals surface area contributed by atoms with E-state index < -0.39 is 13.7 Å². The van der Waals surface area contributed by atoms with Crippen molar-refractivity contribution in [1.29, 1.82) is 0 Å². The predicted octanol–water partition coefficient (Wildman–Crippen LogP) is 7.79. The smallest absolute Gasteiger partial charge is 0.220 e. The zero-order chi connectivity index (χ0) is 31.5. The Morgan fingerprint density at radius 3 is 1.38 bits per heavy atom. The number of aryl methyl sites for hydroxylation is 2. The molecule has 0 N–H and O–H groups in total. The number of hydrogen-bond acceptors (Lipinski definition) is 2. The number of fused-ring (bicyclic) bond motifs is 10. The molecule has 0 amide bonds. The minimum absolute atomic E-state index is 0.210. The minimum atomic E-state index is -2.31. The molecule has 4 aromatic heterocycles. The van der Waals surface area contributed by atoms with Crippen LogP contribution >= 0.6 is 0 Å². The van der Waals surface area contributed by atoms with E-state index in [-0.39, 0.29) is 11.1 Å². The van der Waals surface area contributed by atoms with Gasteiger partial charge in [-0.15, -0.1) is 0 Å². The molecule has 0 unspecified atom stereocenters. The molecule has 0 saturated heterocycles. The van der Waals surface area contributed by atoms with Gasteiger partial charge in [-0.05, 0) is 79.4 Å². The van der Waals surface area contributed by atoms with Crippen molar-refractivity contribution in [1.82, 2.24) is 27.9 Å². The number of para-hydroxylation sites is 6. The first-order valence-electron chi connectivity index (χ1n) is 16.0. The van der Waals surface area contributed by atoms with Crippen molar-refractivity contribution in [3.05, 3.63) is 120 Å². The minimum Gasteiger partial charge on any atom is -0.278 e. The van der Waals surface area contributed by atoms with Gasteiger partial charge in [-0.25, -0.2) is 9.97 Å². The number of benzene rings is 5. The summed E-state index contributed by atoms with van der Waals surface area (Å²) in [4.78, 5) is 9.88. The standard InChI is InChI=1S/C34H24N6/c1-21-10-7-18-29-31(21)35-33-37(25-14-3-5-16-27(25)39(29)33)23-12-9-13-24(20-23)38-26-15-4-6-17-28(26)40-30-19-8-11-22(2)32(30)36-34(38)40/h3-20H,1-2H3/i1D3,2D3. The van der Waals surface area contributed by atoms with Gasteiger partial charge in [0.1, 0.15) is 0 Å². The van der Waals surface area contributed by atoms with Gasteiger partial charge in [0.2, 0.25) is 11.6 Å². The van der Waals surface area contributed by atoms with Crippen molar-refractivity contribution >= 4 is 55.7 Å². The summed E-state index contributed by atoms with van der Waals surface area (Å²) in [5.74, 6) is 1.20. The summed E-state index contributed by atoms with van der Waals surface area (Å²) in [6.07, 6.45) is 0. The fourth-order valence-corrected chi connectivity index (χ4v) is 6.13. The van der Waals surface area contributed by atoms with E-state index in [2.05, 4.69) is 0 Å². The Hall–Kier alpha value is -5.36. The van der Waals surface area contributed by atoms with Crippen LogP contribution in [0.15, 0.2) is 109 Å². The number of rotatable bonds is 2. The van der Waals surface area contributed by atoms with Gasteiger partial charge in [-0.1, -0.05) is 54.6 Å². The van der Waals surface area contributed by atoms with Crippen molar-refractivity contribution in [2.75, 3.05) is 0 Å². The lowest BCUT2D eigenvalue weighted by molar-refractivity contribution is 1.08. The Balaban J connectivity index is 1.35. The van der Waals surface area contributed by atoms with Gasteiger partial charge in [0.15, 0.2) is 0 Å². The summed E-state index contributed by atoms with van der Waals surface area (Å²) >= 11 is 0. The van der Waals surface area contributed by atoms with E-state index in [0.29, 0.717) is 22.6 Å². The largest absolute Gasteiger partial charge is 0.278 e. The van der Waals surface area contributed by atoms with Crippen LogP contribution in [0.2, 0.25) is 0 Å². The Kier molecular flexibility index (Phi) is 3.15. The van der Waals surface area contributed by atoms with E-state index >= 15 is 0 Å². The highest BCUT2D eigenvalue weighted by molar-refractivity contribution is 5.95. The summed E-state index contributed by atoms with van der Waals surface area (Å²) in [6, 6.07) is 34.5. The van der Waals surface area contributed by atoms with E-state index in [9.17, 15) is 0 Å². The third-order valence-electron chi connectivity index (χ3n) is 7.81. The molecule has 0 aliphatic carbocycles. The molecule has 40 heavy (non-hydrogen) atoms. The fourth-order valence-electron chi connectivity index (χ4n) is 6.13. The molecular formula is C34H24N6. The Labute approximate surface area is 237 Å². The van der Waals surface area contributed by atoms with Crippen LogP contribution in [0.1, 0.15) is 19.4 Å². The lowest BCUT2D eigenvalue weighted by atomic mass is 10.2. The van der Waals surface area contributed by atoms with Crippen LogP contribution in [-0.4, -0.2) is 27.9 Å². The Morgan fingerprint density at radius 2 is 0.900 bits per heavy atom. The summed E-state index contributed by atoms with van der Waals surface area (Å²) in [5, 5.41) is 0. The molecule has 0 saturated carbocycles. The van der Waals surface area contributed by atoms with Crippen molar-refractivity contribution in [3.63, 3.8) is 0 Å². The second-order valence-corrected chi connectivity index (χ2v) is 10.0. The maximum atomic E-state index is 8.13. The van der Waals surface area contributed by atoms with Gasteiger partial charge in [0.25, 0.3) is 0 Å². The van der Waals surface area contributed by atoms with Gasteiger partial charge in [0, 0.05) is 8.22 Å². The van der Waals surface area contributed by atoms with E-state index in [1.165, 1.54) is 0 Å². The summed E-state index contributed by atoms with van der Waals surface area (Å²) in [6.45, 7) is -4.62. The lowest BCUT2D eigenvalue weighted by Crippen LogP contribution is -1.99. The molecule has 0 spiro atoms. The average Bonchev–Trinajstić information content (AvgIpc) is 3.76. The molecule has 6 nitrogen and oxygen atoms in total. The Bertz CT molecular complexity index is 2500. The number of hydrogen-bond donors (Lipinski definition) is 0. The summed E-state index contributed by atoms with van der Waals surface area (Å²) in [7, 11) is 0. The van der Waals surface area contributed by atoms with E-state index in [4.69, 9.17) is 18.2 Å². The van der Waals surface area contributed by atoms with Crippen LogP contribution in [0, 0.1) is 13.7 Å². The molecule has 0 atom stereocenters. The topological polar surface area (TPSA) is 44.5 Å². The maximum absolute atomic E-state index is 8.13. The zero-order valence-corrected chi connectivity index (χ0v) is 21.1. The molecule has 190 valence electrons. The third kappa shape index (κ3) is 2.67. The lowest BCUT2D eigenvalue weighted by Gasteiger charge is -2.10. The van der Waals surface area contributed by atoms with Crippen LogP contribution in [0.5, 0.6) is 0 Å². The quantitative estimate of drug-likeness (QED) is 0.233. The molecule has 0 aliphatic heterocycles. The van der Waals surface area contributed by atoms with E-state index in [1.807, 2.05) is 103 Å². The van der Waals surface area contributed by atoms with Crippen molar-refractivity contribution < 1.29 is 8.22 Å². The molecule has 0 aliphatic rings. The maximum Gasteiger partial charge on any atom is 0.220 e. The van der Waals surface area contributed by atoms with Crippen LogP contribution < -0.4 is 0 Å². The molecule has 5 aromatic carbocycles. The number of imidazole rings is 4. The molecule has 9 rings (SSSR count). The second-order valence-electron chi connectivity index (χ2n) is 10.0. The van der Waals surface area contributed by atoms with Gasteiger partial charge in [-0.3, -0.25) is 17.9 Å². The van der Waals surface area contributed by atoms with Crippen LogP contribution in [0.3, 0.4) is 0 Å². The molecule has 6 heteroatoms. The highest BCUT2D eigenvalue weighted by Gasteiger charge is 2.20. The average molecular weight is 523 g/mol. The first kappa shape index (κ1) is 16.6. The first-order chi connectivity index (χ1) is 22.1. The van der Waals surface area contributed by atoms with Crippen LogP contribution in [0.25, 0.3) is 67.1 Å². The first-order valence-corrected chi connectivity index (χ1v) is 13.0. The molecule has 9 aromatic rings. The predicted molar refractivity (Wildman–Crippen MR) is 162 cm³/mol. The van der Waals surface area contributed by atoms with E-state index in [0.717, 1.165) is 44.5 Å². The summed E-state index contributed by atoms with van der Waals surface area (Å²) in [5.41, 5.74) is 8.04. The molecule has 0 radical (unpaired) electrons. The number of nitrogens with zero attached hydrogens (tertiary/aromatic N) is 6. The third-order valence-corrected chi connectivity index (χ3v) is 7.81. The highest BCUT2D eigenvalue weighted by atomic mass is 15.2. The fraction of sp³-hybridized carbons (Fsp3) is 0.0588. The normalized spacial score (nSPS) is 15.1. The molecular weight excluding hydrogens is 492 g/mol. The van der Waals surface area contributed by atoms with Gasteiger partial charge < -0.3 is 0 Å². The van der Waals surface area contributed by atoms with Gasteiger partial charge in [0.05, 0.1) is 55.5 Å². The van der Waals surface area contributed by atoms with Gasteiger partial charge in [-0.2, -0.15) is 0 Å². The molecule has 0 fully saturated rings. The van der Waals surface area contributed by atoms with Gasteiger partial charge >= 0.3 is 0 Å².